The summed E-state index contributed by atoms with van der Waals surface area (Å²) < 4.78 is 0. The predicted octanol–water partition coefficient (Wildman–Crippen LogP) is 5.01. The number of aldehydes is 1. The van der Waals surface area contributed by atoms with E-state index in [0.29, 0.717) is 12.8 Å². The van der Waals surface area contributed by atoms with Crippen LogP contribution in [0.4, 0.5) is 0 Å². The molecule has 0 heterocycles. The number of aliphatic hydroxyl groups excluding tert-OH is 1. The maximum atomic E-state index is 11.0. The van der Waals surface area contributed by atoms with Crippen molar-refractivity contribution in [2.75, 3.05) is 0 Å². The van der Waals surface area contributed by atoms with E-state index in [1.165, 1.54) is 38.5 Å². The molecule has 0 saturated carbocycles. The number of hydrogen-bond donors (Lipinski definition) is 1. The maximum absolute atomic E-state index is 11.0. The average molecular weight is 354 g/mol. The van der Waals surface area contributed by atoms with Gasteiger partial charge in [0.15, 0.2) is 0 Å². The van der Waals surface area contributed by atoms with E-state index in [0.717, 1.165) is 19.1 Å². The number of carbonyl (C=O) groups excluding carboxylic acids is 1. The first kappa shape index (κ1) is 23.5. The molecule has 0 aliphatic carbocycles. The van der Waals surface area contributed by atoms with Gasteiger partial charge in [-0.1, -0.05) is 63.3 Å². The van der Waals surface area contributed by atoms with Crippen molar-refractivity contribution in [3.05, 3.63) is 34.4 Å². The van der Waals surface area contributed by atoms with Crippen LogP contribution in [0.5, 0.6) is 0 Å². The monoisotopic (exact) mass is 353 g/mol. The summed E-state index contributed by atoms with van der Waals surface area (Å²) in [5.41, 5.74) is 0. The highest BCUT2D eigenvalue weighted by Gasteiger charge is 2.27. The summed E-state index contributed by atoms with van der Waals surface area (Å²) in [5.74, 6) is 0. The standard InChI is InChI=1S/C20H35NO4/c1-2-3-4-5-6-7-8-9-10-11-12-13-17-20(23)19(21(24)25)16-14-15-18-22/h9-10,12-13,18-20,23H,2-8,11,14-17H2,1H3/b10-9-,13-12-. The van der Waals surface area contributed by atoms with Gasteiger partial charge < -0.3 is 9.90 Å². The van der Waals surface area contributed by atoms with E-state index in [-0.39, 0.29) is 12.8 Å². The Morgan fingerprint density at radius 2 is 1.64 bits per heavy atom. The van der Waals surface area contributed by atoms with Gasteiger partial charge in [0.2, 0.25) is 6.04 Å². The van der Waals surface area contributed by atoms with Gasteiger partial charge in [-0.15, -0.1) is 0 Å². The third-order valence-electron chi connectivity index (χ3n) is 4.24. The summed E-state index contributed by atoms with van der Waals surface area (Å²) in [6, 6.07) is -0.993. The summed E-state index contributed by atoms with van der Waals surface area (Å²) in [4.78, 5) is 20.8. The quantitative estimate of drug-likeness (QED) is 0.131. The summed E-state index contributed by atoms with van der Waals surface area (Å²) in [6.45, 7) is 2.22. The zero-order valence-electron chi connectivity index (χ0n) is 15.6. The van der Waals surface area contributed by atoms with Gasteiger partial charge in [0.05, 0.1) is 0 Å². The summed E-state index contributed by atoms with van der Waals surface area (Å²) >= 11 is 0. The van der Waals surface area contributed by atoms with Crippen molar-refractivity contribution in [1.29, 1.82) is 0 Å². The molecular formula is C20H35NO4. The minimum Gasteiger partial charge on any atom is -0.386 e. The number of nitro groups is 1. The molecule has 0 aliphatic rings. The molecule has 0 fully saturated rings. The second-order valence-corrected chi connectivity index (χ2v) is 6.49. The van der Waals surface area contributed by atoms with Crippen LogP contribution in [0.1, 0.15) is 84.0 Å². The lowest BCUT2D eigenvalue weighted by molar-refractivity contribution is -0.535. The molecule has 0 aliphatic heterocycles. The highest BCUT2D eigenvalue weighted by molar-refractivity contribution is 5.48. The number of nitrogens with zero attached hydrogens (tertiary/aromatic N) is 1. The van der Waals surface area contributed by atoms with Gasteiger partial charge in [-0.05, 0) is 32.1 Å². The van der Waals surface area contributed by atoms with Crippen LogP contribution in [0, 0.1) is 10.1 Å². The zero-order valence-corrected chi connectivity index (χ0v) is 15.6. The van der Waals surface area contributed by atoms with E-state index in [2.05, 4.69) is 19.1 Å². The molecule has 0 aromatic rings. The fourth-order valence-electron chi connectivity index (χ4n) is 2.67. The number of allylic oxidation sites excluding steroid dienone is 3. The molecule has 0 amide bonds. The minimum atomic E-state index is -0.995. The van der Waals surface area contributed by atoms with Crippen molar-refractivity contribution in [2.24, 2.45) is 0 Å². The van der Waals surface area contributed by atoms with Crippen LogP contribution < -0.4 is 0 Å². The van der Waals surface area contributed by atoms with E-state index in [1.807, 2.05) is 6.08 Å². The van der Waals surface area contributed by atoms with E-state index in [9.17, 15) is 20.0 Å². The fourth-order valence-corrected chi connectivity index (χ4v) is 2.67. The lowest BCUT2D eigenvalue weighted by Gasteiger charge is -2.13. The Morgan fingerprint density at radius 3 is 2.32 bits per heavy atom. The Hall–Kier alpha value is -1.49. The van der Waals surface area contributed by atoms with Gasteiger partial charge in [-0.2, -0.15) is 0 Å². The molecule has 1 N–H and O–H groups in total. The van der Waals surface area contributed by atoms with Crippen LogP contribution in [0.3, 0.4) is 0 Å². The summed E-state index contributed by atoms with van der Waals surface area (Å²) in [6.07, 6.45) is 18.7. The SMILES string of the molecule is CCCCCCCC/C=C\C/C=C\CC(O)C(CCCC=O)[N+](=O)[O-]. The number of aliphatic hydroxyl groups is 1. The Labute approximate surface area is 152 Å². The van der Waals surface area contributed by atoms with Gasteiger partial charge in [-0.25, -0.2) is 0 Å². The molecule has 2 unspecified atom stereocenters. The molecule has 144 valence electrons. The van der Waals surface area contributed by atoms with Crippen LogP contribution in [0.2, 0.25) is 0 Å². The summed E-state index contributed by atoms with van der Waals surface area (Å²) in [5, 5.41) is 20.9. The van der Waals surface area contributed by atoms with E-state index in [4.69, 9.17) is 0 Å². The van der Waals surface area contributed by atoms with E-state index >= 15 is 0 Å². The van der Waals surface area contributed by atoms with Gasteiger partial charge in [0.25, 0.3) is 0 Å². The highest BCUT2D eigenvalue weighted by atomic mass is 16.6. The van der Waals surface area contributed by atoms with Crippen molar-refractivity contribution in [1.82, 2.24) is 0 Å². The molecule has 5 heteroatoms. The van der Waals surface area contributed by atoms with Crippen LogP contribution in [0.15, 0.2) is 24.3 Å². The predicted molar refractivity (Wildman–Crippen MR) is 102 cm³/mol. The maximum Gasteiger partial charge on any atom is 0.238 e. The smallest absolute Gasteiger partial charge is 0.238 e. The van der Waals surface area contributed by atoms with Gasteiger partial charge in [0.1, 0.15) is 12.4 Å². The Kier molecular flexibility index (Phi) is 16.3. The second-order valence-electron chi connectivity index (χ2n) is 6.49. The largest absolute Gasteiger partial charge is 0.386 e. The fraction of sp³-hybridized carbons (Fsp3) is 0.750. The number of carbonyl (C=O) groups is 1. The van der Waals surface area contributed by atoms with Crippen LogP contribution in [-0.4, -0.2) is 28.5 Å². The number of hydrogen-bond acceptors (Lipinski definition) is 4. The zero-order chi connectivity index (χ0) is 18.8. The van der Waals surface area contributed by atoms with Crippen LogP contribution in [-0.2, 0) is 4.79 Å². The van der Waals surface area contributed by atoms with E-state index in [1.54, 1.807) is 6.08 Å². The van der Waals surface area contributed by atoms with Gasteiger partial charge in [-0.3, -0.25) is 10.1 Å². The first-order chi connectivity index (χ1) is 12.1. The van der Waals surface area contributed by atoms with Gasteiger partial charge in [0, 0.05) is 17.8 Å². The van der Waals surface area contributed by atoms with Crippen molar-refractivity contribution in [3.63, 3.8) is 0 Å². The third kappa shape index (κ3) is 14.6. The molecule has 0 radical (unpaired) electrons. The van der Waals surface area contributed by atoms with Crippen molar-refractivity contribution in [3.8, 4) is 0 Å². The summed E-state index contributed by atoms with van der Waals surface area (Å²) in [7, 11) is 0. The first-order valence-electron chi connectivity index (χ1n) is 9.68. The van der Waals surface area contributed by atoms with Gasteiger partial charge >= 0.3 is 0 Å². The Morgan fingerprint density at radius 1 is 0.960 bits per heavy atom. The Balaban J connectivity index is 3.81. The topological polar surface area (TPSA) is 80.4 Å². The molecule has 0 bridgehead atoms. The van der Waals surface area contributed by atoms with Crippen molar-refractivity contribution in [2.45, 2.75) is 96.1 Å². The van der Waals surface area contributed by atoms with Crippen LogP contribution >= 0.6 is 0 Å². The van der Waals surface area contributed by atoms with Crippen LogP contribution in [0.25, 0.3) is 0 Å². The molecule has 2 atom stereocenters. The van der Waals surface area contributed by atoms with E-state index < -0.39 is 17.1 Å². The molecule has 0 aromatic heterocycles. The normalized spacial score (nSPS) is 14.2. The molecule has 0 aromatic carbocycles. The molecule has 0 spiro atoms. The molecule has 25 heavy (non-hydrogen) atoms. The molecular weight excluding hydrogens is 318 g/mol. The average Bonchev–Trinajstić information content (AvgIpc) is 2.59. The number of unbranched alkanes of at least 4 members (excludes halogenated alkanes) is 7. The minimum absolute atomic E-state index is 0.235. The first-order valence-corrected chi connectivity index (χ1v) is 9.68. The Bertz CT molecular complexity index is 393. The number of rotatable bonds is 17. The lowest BCUT2D eigenvalue weighted by atomic mass is 10.0. The van der Waals surface area contributed by atoms with Crippen molar-refractivity contribution >= 4 is 6.29 Å². The highest BCUT2D eigenvalue weighted by Crippen LogP contribution is 2.12. The third-order valence-corrected chi connectivity index (χ3v) is 4.24. The van der Waals surface area contributed by atoms with Crippen molar-refractivity contribution < 1.29 is 14.8 Å². The molecule has 0 rings (SSSR count). The molecule has 0 saturated heterocycles. The molecule has 5 nitrogen and oxygen atoms in total. The lowest BCUT2D eigenvalue weighted by Crippen LogP contribution is -2.33. The second kappa shape index (κ2) is 17.3.